The van der Waals surface area contributed by atoms with Gasteiger partial charge < -0.3 is 15.0 Å². The predicted molar refractivity (Wildman–Crippen MR) is 108 cm³/mol. The Labute approximate surface area is 165 Å². The fourth-order valence-electron chi connectivity index (χ4n) is 3.32. The molecule has 1 fully saturated rings. The number of nitrogens with zero attached hydrogens (tertiary/aromatic N) is 2. The van der Waals surface area contributed by atoms with E-state index in [2.05, 4.69) is 22.3 Å². The van der Waals surface area contributed by atoms with Gasteiger partial charge in [-0.15, -0.1) is 0 Å². The number of hydrogen-bond donors (Lipinski definition) is 1. The van der Waals surface area contributed by atoms with E-state index in [4.69, 9.17) is 16.3 Å². The van der Waals surface area contributed by atoms with Crippen molar-refractivity contribution in [3.05, 3.63) is 70.7 Å². The summed E-state index contributed by atoms with van der Waals surface area (Å²) in [6.07, 6.45) is 0. The molecule has 27 heavy (non-hydrogen) atoms. The minimum atomic E-state index is -0.0934. The van der Waals surface area contributed by atoms with Crippen LogP contribution in [-0.4, -0.2) is 55.7 Å². The molecule has 1 N–H and O–H groups in total. The molecular weight excluding hydrogens is 362 g/mol. The lowest BCUT2D eigenvalue weighted by Crippen LogP contribution is -2.46. The average Bonchev–Trinajstić information content (AvgIpc) is 2.69. The number of hydrogen-bond acceptors (Lipinski definition) is 3. The van der Waals surface area contributed by atoms with Crippen LogP contribution in [0.1, 0.15) is 17.2 Å². The first-order valence-electron chi connectivity index (χ1n) is 9.23. The Balaban J connectivity index is 1.61. The quantitative estimate of drug-likeness (QED) is 0.824. The van der Waals surface area contributed by atoms with Crippen LogP contribution in [0.15, 0.2) is 54.6 Å². The SMILES string of the molecule is CN(Cc1cccc(Cl)c1)C(=O)NCC(c1ccccc1)N1CCOCC1. The van der Waals surface area contributed by atoms with Crippen LogP contribution in [0.5, 0.6) is 0 Å². The highest BCUT2D eigenvalue weighted by atomic mass is 35.5. The molecule has 1 atom stereocenters. The van der Waals surface area contributed by atoms with Crippen LogP contribution in [0, 0.1) is 0 Å². The summed E-state index contributed by atoms with van der Waals surface area (Å²) in [5.74, 6) is 0. The summed E-state index contributed by atoms with van der Waals surface area (Å²) >= 11 is 6.03. The van der Waals surface area contributed by atoms with E-state index in [9.17, 15) is 4.79 Å². The van der Waals surface area contributed by atoms with Gasteiger partial charge in [-0.1, -0.05) is 54.1 Å². The second-order valence-electron chi connectivity index (χ2n) is 6.75. The van der Waals surface area contributed by atoms with Crippen LogP contribution >= 0.6 is 11.6 Å². The molecule has 1 saturated heterocycles. The van der Waals surface area contributed by atoms with Gasteiger partial charge in [-0.05, 0) is 23.3 Å². The van der Waals surface area contributed by atoms with Crippen LogP contribution < -0.4 is 5.32 Å². The van der Waals surface area contributed by atoms with Gasteiger partial charge in [-0.2, -0.15) is 0 Å². The molecule has 144 valence electrons. The molecule has 1 aliphatic rings. The third kappa shape index (κ3) is 5.70. The first-order chi connectivity index (χ1) is 13.1. The molecule has 6 heteroatoms. The van der Waals surface area contributed by atoms with Crippen LogP contribution in [-0.2, 0) is 11.3 Å². The summed E-state index contributed by atoms with van der Waals surface area (Å²) in [5.41, 5.74) is 2.21. The van der Waals surface area contributed by atoms with Crippen molar-refractivity contribution in [2.75, 3.05) is 39.9 Å². The van der Waals surface area contributed by atoms with Crippen LogP contribution in [0.4, 0.5) is 4.79 Å². The number of amides is 2. The van der Waals surface area contributed by atoms with E-state index in [-0.39, 0.29) is 12.1 Å². The summed E-state index contributed by atoms with van der Waals surface area (Å²) in [4.78, 5) is 16.6. The van der Waals surface area contributed by atoms with Crippen molar-refractivity contribution in [3.8, 4) is 0 Å². The maximum atomic E-state index is 12.6. The smallest absolute Gasteiger partial charge is 0.317 e. The fraction of sp³-hybridized carbons (Fsp3) is 0.381. The van der Waals surface area contributed by atoms with Gasteiger partial charge in [0, 0.05) is 38.2 Å². The highest BCUT2D eigenvalue weighted by Gasteiger charge is 2.23. The van der Waals surface area contributed by atoms with Crippen LogP contribution in [0.3, 0.4) is 0 Å². The van der Waals surface area contributed by atoms with Gasteiger partial charge in [0.2, 0.25) is 0 Å². The molecule has 2 amide bonds. The van der Waals surface area contributed by atoms with E-state index in [1.807, 2.05) is 42.5 Å². The van der Waals surface area contributed by atoms with E-state index >= 15 is 0 Å². The third-order valence-corrected chi connectivity index (χ3v) is 5.01. The summed E-state index contributed by atoms with van der Waals surface area (Å²) in [7, 11) is 1.79. The zero-order valence-electron chi connectivity index (χ0n) is 15.6. The number of ether oxygens (including phenoxy) is 1. The number of halogens is 1. The Morgan fingerprint density at radius 1 is 1.19 bits per heavy atom. The average molecular weight is 388 g/mol. The molecule has 5 nitrogen and oxygen atoms in total. The summed E-state index contributed by atoms with van der Waals surface area (Å²) in [5, 5.41) is 3.76. The van der Waals surface area contributed by atoms with Gasteiger partial charge in [0.1, 0.15) is 0 Å². The Kier molecular flexibility index (Phi) is 7.10. The lowest BCUT2D eigenvalue weighted by molar-refractivity contribution is 0.0165. The molecule has 1 heterocycles. The molecule has 2 aromatic carbocycles. The Morgan fingerprint density at radius 2 is 1.93 bits per heavy atom. The lowest BCUT2D eigenvalue weighted by atomic mass is 10.0. The fourth-order valence-corrected chi connectivity index (χ4v) is 3.53. The van der Waals surface area contributed by atoms with Gasteiger partial charge in [0.15, 0.2) is 0 Å². The molecule has 1 unspecified atom stereocenters. The molecule has 0 aromatic heterocycles. The second kappa shape index (κ2) is 9.74. The monoisotopic (exact) mass is 387 g/mol. The molecule has 2 aromatic rings. The standard InChI is InChI=1S/C21H26ClN3O2/c1-24(16-17-6-5-9-19(22)14-17)21(26)23-15-20(18-7-3-2-4-8-18)25-10-12-27-13-11-25/h2-9,14,20H,10-13,15-16H2,1H3,(H,23,26). The number of benzene rings is 2. The zero-order valence-corrected chi connectivity index (χ0v) is 16.4. The first-order valence-corrected chi connectivity index (χ1v) is 9.61. The molecule has 0 saturated carbocycles. The summed E-state index contributed by atoms with van der Waals surface area (Å²) < 4.78 is 5.48. The molecule has 0 bridgehead atoms. The third-order valence-electron chi connectivity index (χ3n) is 4.77. The number of nitrogens with one attached hydrogen (secondary N) is 1. The van der Waals surface area contributed by atoms with Crippen LogP contribution in [0.25, 0.3) is 0 Å². The van der Waals surface area contributed by atoms with Gasteiger partial charge >= 0.3 is 6.03 Å². The Bertz CT molecular complexity index is 735. The van der Waals surface area contributed by atoms with Gasteiger partial charge in [-0.25, -0.2) is 4.79 Å². The van der Waals surface area contributed by atoms with Gasteiger partial charge in [0.25, 0.3) is 0 Å². The zero-order chi connectivity index (χ0) is 19.1. The Hall–Kier alpha value is -2.08. The van der Waals surface area contributed by atoms with E-state index in [0.717, 1.165) is 31.9 Å². The maximum absolute atomic E-state index is 12.6. The van der Waals surface area contributed by atoms with E-state index in [1.165, 1.54) is 5.56 Å². The predicted octanol–water partition coefficient (Wildman–Crippen LogP) is 3.55. The van der Waals surface area contributed by atoms with Gasteiger partial charge in [-0.3, -0.25) is 4.90 Å². The van der Waals surface area contributed by atoms with Crippen molar-refractivity contribution in [1.82, 2.24) is 15.1 Å². The van der Waals surface area contributed by atoms with Crippen molar-refractivity contribution in [2.45, 2.75) is 12.6 Å². The number of carbonyl (C=O) groups excluding carboxylic acids is 1. The molecule has 0 radical (unpaired) electrons. The minimum Gasteiger partial charge on any atom is -0.379 e. The highest BCUT2D eigenvalue weighted by Crippen LogP contribution is 2.21. The van der Waals surface area contributed by atoms with E-state index < -0.39 is 0 Å². The molecular formula is C21H26ClN3O2. The summed E-state index contributed by atoms with van der Waals surface area (Å²) in [6.45, 7) is 4.27. The highest BCUT2D eigenvalue weighted by molar-refractivity contribution is 6.30. The Morgan fingerprint density at radius 3 is 2.63 bits per heavy atom. The van der Waals surface area contributed by atoms with Crippen molar-refractivity contribution in [3.63, 3.8) is 0 Å². The first kappa shape index (κ1) is 19.7. The minimum absolute atomic E-state index is 0.0934. The topological polar surface area (TPSA) is 44.8 Å². The van der Waals surface area contributed by atoms with Crippen molar-refractivity contribution >= 4 is 17.6 Å². The molecule has 0 aliphatic carbocycles. The molecule has 0 spiro atoms. The number of rotatable bonds is 6. The van der Waals surface area contributed by atoms with E-state index in [0.29, 0.717) is 18.1 Å². The second-order valence-corrected chi connectivity index (χ2v) is 7.18. The van der Waals surface area contributed by atoms with Crippen molar-refractivity contribution in [2.24, 2.45) is 0 Å². The molecule has 1 aliphatic heterocycles. The summed E-state index contributed by atoms with van der Waals surface area (Å²) in [6, 6.07) is 17.9. The maximum Gasteiger partial charge on any atom is 0.317 e. The van der Waals surface area contributed by atoms with Crippen LogP contribution in [0.2, 0.25) is 5.02 Å². The normalized spacial score (nSPS) is 15.9. The molecule has 3 rings (SSSR count). The van der Waals surface area contributed by atoms with Crippen molar-refractivity contribution in [1.29, 1.82) is 0 Å². The van der Waals surface area contributed by atoms with Gasteiger partial charge in [0.05, 0.1) is 19.3 Å². The largest absolute Gasteiger partial charge is 0.379 e. The van der Waals surface area contributed by atoms with E-state index in [1.54, 1.807) is 11.9 Å². The number of urea groups is 1. The number of carbonyl (C=O) groups is 1. The number of morpholine rings is 1. The van der Waals surface area contributed by atoms with Crippen molar-refractivity contribution < 1.29 is 9.53 Å². The lowest BCUT2D eigenvalue weighted by Gasteiger charge is -2.35.